The first-order valence-corrected chi connectivity index (χ1v) is 8.24. The van der Waals surface area contributed by atoms with Crippen LogP contribution in [0.2, 0.25) is 5.28 Å². The van der Waals surface area contributed by atoms with Gasteiger partial charge in [-0.2, -0.15) is 15.0 Å². The van der Waals surface area contributed by atoms with Crippen molar-refractivity contribution in [2.24, 2.45) is 5.41 Å². The Hall–Kier alpha value is -1.10. The van der Waals surface area contributed by atoms with Crippen LogP contribution in [-0.4, -0.2) is 34.1 Å². The second-order valence-electron chi connectivity index (χ2n) is 6.50. The Kier molecular flexibility index (Phi) is 5.25. The highest BCUT2D eigenvalue weighted by Gasteiger charge is 2.28. The summed E-state index contributed by atoms with van der Waals surface area (Å²) in [7, 11) is 0. The standard InChI is InChI=1S/C15H26ClN5/c1-5-21(6-2)14-19-12(16)18-13(20-14)17-11-8-7-9-15(3,4)10-11/h11H,5-10H2,1-4H3,(H,17,18,19,20). The first kappa shape index (κ1) is 16.3. The smallest absolute Gasteiger partial charge is 0.231 e. The van der Waals surface area contributed by atoms with E-state index in [1.807, 2.05) is 0 Å². The molecule has 1 aliphatic carbocycles. The van der Waals surface area contributed by atoms with Gasteiger partial charge in [0, 0.05) is 19.1 Å². The van der Waals surface area contributed by atoms with Crippen molar-refractivity contribution in [3.8, 4) is 0 Å². The van der Waals surface area contributed by atoms with Crippen LogP contribution in [0, 0.1) is 5.41 Å². The van der Waals surface area contributed by atoms with Gasteiger partial charge < -0.3 is 10.2 Å². The molecule has 0 aliphatic heterocycles. The molecule has 2 rings (SSSR count). The van der Waals surface area contributed by atoms with Crippen LogP contribution < -0.4 is 10.2 Å². The van der Waals surface area contributed by atoms with Gasteiger partial charge in [0.1, 0.15) is 0 Å². The summed E-state index contributed by atoms with van der Waals surface area (Å²) in [4.78, 5) is 15.1. The lowest BCUT2D eigenvalue weighted by atomic mass is 9.75. The van der Waals surface area contributed by atoms with Crippen LogP contribution in [0.25, 0.3) is 0 Å². The summed E-state index contributed by atoms with van der Waals surface area (Å²) in [5, 5.41) is 3.70. The van der Waals surface area contributed by atoms with Gasteiger partial charge in [0.2, 0.25) is 17.2 Å². The van der Waals surface area contributed by atoms with E-state index in [0.717, 1.165) is 25.9 Å². The van der Waals surface area contributed by atoms with Crippen molar-refractivity contribution in [3.63, 3.8) is 0 Å². The van der Waals surface area contributed by atoms with Crippen LogP contribution >= 0.6 is 11.6 Å². The van der Waals surface area contributed by atoms with Crippen LogP contribution in [0.3, 0.4) is 0 Å². The number of nitrogens with one attached hydrogen (secondary N) is 1. The number of anilines is 2. The average Bonchev–Trinajstić information content (AvgIpc) is 2.38. The summed E-state index contributed by atoms with van der Waals surface area (Å²) in [5.41, 5.74) is 0.383. The molecule has 1 saturated carbocycles. The SMILES string of the molecule is CCN(CC)c1nc(Cl)nc(NC2CCCC(C)(C)C2)n1. The number of nitrogens with zero attached hydrogens (tertiary/aromatic N) is 4. The van der Waals surface area contributed by atoms with E-state index in [1.165, 1.54) is 12.8 Å². The topological polar surface area (TPSA) is 53.9 Å². The quantitative estimate of drug-likeness (QED) is 0.897. The zero-order chi connectivity index (χ0) is 15.5. The van der Waals surface area contributed by atoms with E-state index in [9.17, 15) is 0 Å². The fraction of sp³-hybridized carbons (Fsp3) is 0.800. The van der Waals surface area contributed by atoms with Crippen molar-refractivity contribution in [1.29, 1.82) is 0 Å². The first-order chi connectivity index (χ1) is 9.93. The molecule has 6 heteroatoms. The predicted octanol–water partition coefficient (Wildman–Crippen LogP) is 3.75. The molecule has 1 aromatic heterocycles. The molecule has 0 aromatic carbocycles. The Labute approximate surface area is 132 Å². The minimum Gasteiger partial charge on any atom is -0.351 e. The highest BCUT2D eigenvalue weighted by molar-refractivity contribution is 6.28. The molecule has 0 radical (unpaired) electrons. The van der Waals surface area contributed by atoms with Crippen LogP contribution in [0.5, 0.6) is 0 Å². The lowest BCUT2D eigenvalue weighted by molar-refractivity contribution is 0.229. The van der Waals surface area contributed by atoms with E-state index in [2.05, 4.69) is 52.9 Å². The molecular weight excluding hydrogens is 286 g/mol. The second-order valence-corrected chi connectivity index (χ2v) is 6.84. The first-order valence-electron chi connectivity index (χ1n) is 7.86. The van der Waals surface area contributed by atoms with Crippen molar-refractivity contribution >= 4 is 23.5 Å². The average molecular weight is 312 g/mol. The third-order valence-electron chi connectivity index (χ3n) is 4.18. The fourth-order valence-electron chi connectivity index (χ4n) is 3.06. The third kappa shape index (κ3) is 4.43. The van der Waals surface area contributed by atoms with Crippen molar-refractivity contribution < 1.29 is 0 Å². The Balaban J connectivity index is 2.12. The van der Waals surface area contributed by atoms with Crippen LogP contribution in [-0.2, 0) is 0 Å². The van der Waals surface area contributed by atoms with Gasteiger partial charge in [-0.3, -0.25) is 0 Å². The zero-order valence-corrected chi connectivity index (χ0v) is 14.2. The predicted molar refractivity (Wildman–Crippen MR) is 88.1 cm³/mol. The molecule has 1 N–H and O–H groups in total. The highest BCUT2D eigenvalue weighted by atomic mass is 35.5. The number of hydrogen-bond acceptors (Lipinski definition) is 5. The lowest BCUT2D eigenvalue weighted by Crippen LogP contribution is -2.33. The number of aromatic nitrogens is 3. The van der Waals surface area contributed by atoms with Crippen LogP contribution in [0.4, 0.5) is 11.9 Å². The minimum atomic E-state index is 0.254. The fourth-order valence-corrected chi connectivity index (χ4v) is 3.21. The molecule has 0 bridgehead atoms. The Morgan fingerprint density at radius 2 is 1.95 bits per heavy atom. The number of halogens is 1. The molecular formula is C15H26ClN5. The second kappa shape index (κ2) is 6.77. The molecule has 1 aliphatic rings. The van der Waals surface area contributed by atoms with Crippen LogP contribution in [0.15, 0.2) is 0 Å². The molecule has 1 fully saturated rings. The van der Waals surface area contributed by atoms with E-state index >= 15 is 0 Å². The van der Waals surface area contributed by atoms with E-state index in [1.54, 1.807) is 0 Å². The molecule has 118 valence electrons. The van der Waals surface area contributed by atoms with Gasteiger partial charge >= 0.3 is 0 Å². The van der Waals surface area contributed by atoms with E-state index in [-0.39, 0.29) is 5.28 Å². The molecule has 0 saturated heterocycles. The molecule has 0 spiro atoms. The summed E-state index contributed by atoms with van der Waals surface area (Å²) in [6.45, 7) is 10.5. The molecule has 1 aromatic rings. The van der Waals surface area contributed by atoms with E-state index in [4.69, 9.17) is 11.6 Å². The van der Waals surface area contributed by atoms with Gasteiger partial charge in [-0.05, 0) is 50.1 Å². The normalized spacial score (nSPS) is 21.1. The van der Waals surface area contributed by atoms with Crippen molar-refractivity contribution in [3.05, 3.63) is 5.28 Å². The maximum atomic E-state index is 6.05. The van der Waals surface area contributed by atoms with Gasteiger partial charge in [-0.15, -0.1) is 0 Å². The summed E-state index contributed by atoms with van der Waals surface area (Å²) < 4.78 is 0. The molecule has 5 nitrogen and oxygen atoms in total. The monoisotopic (exact) mass is 311 g/mol. The van der Waals surface area contributed by atoms with Crippen molar-refractivity contribution in [1.82, 2.24) is 15.0 Å². The Bertz CT molecular complexity index is 473. The van der Waals surface area contributed by atoms with Gasteiger partial charge in [-0.1, -0.05) is 20.3 Å². The summed E-state index contributed by atoms with van der Waals surface area (Å²) in [5.74, 6) is 1.25. The third-order valence-corrected chi connectivity index (χ3v) is 4.35. The van der Waals surface area contributed by atoms with Gasteiger partial charge in [0.05, 0.1) is 0 Å². The summed E-state index contributed by atoms with van der Waals surface area (Å²) in [6, 6.07) is 0.414. The van der Waals surface area contributed by atoms with Gasteiger partial charge in [-0.25, -0.2) is 0 Å². The molecule has 0 amide bonds. The maximum Gasteiger partial charge on any atom is 0.231 e. The van der Waals surface area contributed by atoms with Crippen molar-refractivity contribution in [2.45, 2.75) is 59.4 Å². The van der Waals surface area contributed by atoms with E-state index in [0.29, 0.717) is 23.4 Å². The molecule has 1 heterocycles. The maximum absolute atomic E-state index is 6.05. The van der Waals surface area contributed by atoms with E-state index < -0.39 is 0 Å². The molecule has 1 unspecified atom stereocenters. The lowest BCUT2D eigenvalue weighted by Gasteiger charge is -2.35. The Morgan fingerprint density at radius 3 is 2.57 bits per heavy atom. The number of hydrogen-bond donors (Lipinski definition) is 1. The number of rotatable bonds is 5. The highest BCUT2D eigenvalue weighted by Crippen LogP contribution is 2.36. The minimum absolute atomic E-state index is 0.254. The largest absolute Gasteiger partial charge is 0.351 e. The molecule has 1 atom stereocenters. The van der Waals surface area contributed by atoms with Gasteiger partial charge in [0.25, 0.3) is 0 Å². The molecule has 21 heavy (non-hydrogen) atoms. The van der Waals surface area contributed by atoms with Gasteiger partial charge in [0.15, 0.2) is 0 Å². The van der Waals surface area contributed by atoms with Crippen molar-refractivity contribution in [2.75, 3.05) is 23.3 Å². The zero-order valence-electron chi connectivity index (χ0n) is 13.5. The van der Waals surface area contributed by atoms with Crippen LogP contribution in [0.1, 0.15) is 53.4 Å². The summed E-state index contributed by atoms with van der Waals surface area (Å²) >= 11 is 6.05. The summed E-state index contributed by atoms with van der Waals surface area (Å²) in [6.07, 6.45) is 4.82. The Morgan fingerprint density at radius 1 is 1.24 bits per heavy atom.